The summed E-state index contributed by atoms with van der Waals surface area (Å²) in [6, 6.07) is 5.48. The van der Waals surface area contributed by atoms with Gasteiger partial charge in [0.2, 0.25) is 6.10 Å². The number of halogens is 4. The number of hydrogen-bond acceptors (Lipinski definition) is 4. The van der Waals surface area contributed by atoms with Gasteiger partial charge < -0.3 is 15.2 Å². The molecule has 0 spiro atoms. The Balaban J connectivity index is 1.93. The smallest absolute Gasteiger partial charge is 0.429 e. The Hall–Kier alpha value is -1.99. The minimum absolute atomic E-state index is 0.0281. The number of nitrogens with zero attached hydrogens (tertiary/aromatic N) is 1. The molecule has 0 bridgehead atoms. The standard InChI is InChI=1S/C19H20ClF3N2O2/c1-10(2)6-11(24)9-26-16-8-15-13(7-14(16)20)17-12(4-3-5-25-17)18(27-15)19(21,22)23/h3-5,7-8,10-11,18H,6,9,24H2,1-2H3/t11-,18?/m0/s1. The maximum Gasteiger partial charge on any atom is 0.429 e. The molecule has 1 aliphatic heterocycles. The first-order chi connectivity index (χ1) is 12.7. The van der Waals surface area contributed by atoms with Crippen LogP contribution in [0.15, 0.2) is 30.5 Å². The van der Waals surface area contributed by atoms with Gasteiger partial charge >= 0.3 is 6.18 Å². The number of fused-ring (bicyclic) bond motifs is 3. The number of aromatic nitrogens is 1. The third-order valence-electron chi connectivity index (χ3n) is 4.18. The minimum atomic E-state index is -4.57. The molecule has 0 aliphatic carbocycles. The molecule has 0 radical (unpaired) electrons. The van der Waals surface area contributed by atoms with Crippen molar-refractivity contribution >= 4 is 11.6 Å². The molecule has 1 aromatic heterocycles. The topological polar surface area (TPSA) is 57.4 Å². The highest BCUT2D eigenvalue weighted by Crippen LogP contribution is 2.49. The fourth-order valence-corrected chi connectivity index (χ4v) is 3.30. The van der Waals surface area contributed by atoms with E-state index in [0.29, 0.717) is 11.5 Å². The molecule has 1 aromatic carbocycles. The van der Waals surface area contributed by atoms with E-state index in [2.05, 4.69) is 4.98 Å². The van der Waals surface area contributed by atoms with E-state index in [4.69, 9.17) is 26.8 Å². The second-order valence-electron chi connectivity index (χ2n) is 6.96. The molecular weight excluding hydrogens is 381 g/mol. The summed E-state index contributed by atoms with van der Waals surface area (Å²) in [6.45, 7) is 4.29. The summed E-state index contributed by atoms with van der Waals surface area (Å²) < 4.78 is 51.2. The van der Waals surface area contributed by atoms with E-state index < -0.39 is 12.3 Å². The summed E-state index contributed by atoms with van der Waals surface area (Å²) in [5.41, 5.74) is 6.55. The Bertz CT molecular complexity index is 827. The van der Waals surface area contributed by atoms with Crippen molar-refractivity contribution in [2.24, 2.45) is 11.7 Å². The van der Waals surface area contributed by atoms with Crippen molar-refractivity contribution in [3.8, 4) is 22.8 Å². The molecule has 2 aromatic rings. The normalized spacial score (nSPS) is 17.1. The molecule has 2 atom stereocenters. The van der Waals surface area contributed by atoms with Crippen LogP contribution in [0, 0.1) is 5.92 Å². The van der Waals surface area contributed by atoms with Crippen LogP contribution in [0.25, 0.3) is 11.3 Å². The second kappa shape index (κ2) is 7.56. The van der Waals surface area contributed by atoms with Crippen LogP contribution in [0.5, 0.6) is 11.5 Å². The Morgan fingerprint density at radius 2 is 2.07 bits per heavy atom. The molecule has 8 heteroatoms. The lowest BCUT2D eigenvalue weighted by Crippen LogP contribution is -2.30. The molecule has 3 rings (SSSR count). The summed E-state index contributed by atoms with van der Waals surface area (Å²) >= 11 is 6.27. The van der Waals surface area contributed by atoms with Crippen LogP contribution in [-0.2, 0) is 0 Å². The van der Waals surface area contributed by atoms with Gasteiger partial charge in [-0.2, -0.15) is 13.2 Å². The first-order valence-electron chi connectivity index (χ1n) is 8.57. The third kappa shape index (κ3) is 4.30. The molecule has 4 nitrogen and oxygen atoms in total. The number of alkyl halides is 3. The molecule has 2 heterocycles. The molecule has 0 saturated heterocycles. The van der Waals surface area contributed by atoms with Gasteiger partial charge in [0, 0.05) is 29.4 Å². The van der Waals surface area contributed by atoms with Gasteiger partial charge in [-0.1, -0.05) is 31.5 Å². The fraction of sp³-hybridized carbons (Fsp3) is 0.421. The van der Waals surface area contributed by atoms with E-state index in [1.54, 1.807) is 0 Å². The highest BCUT2D eigenvalue weighted by molar-refractivity contribution is 6.32. The van der Waals surface area contributed by atoms with Gasteiger partial charge in [-0.05, 0) is 24.5 Å². The molecule has 1 aliphatic rings. The molecule has 27 heavy (non-hydrogen) atoms. The van der Waals surface area contributed by atoms with Crippen molar-refractivity contribution in [1.29, 1.82) is 0 Å². The second-order valence-corrected chi connectivity index (χ2v) is 7.37. The van der Waals surface area contributed by atoms with Crippen LogP contribution < -0.4 is 15.2 Å². The van der Waals surface area contributed by atoms with Gasteiger partial charge in [-0.25, -0.2) is 0 Å². The number of ether oxygens (including phenoxy) is 2. The zero-order chi connectivity index (χ0) is 19.8. The van der Waals surface area contributed by atoms with Crippen LogP contribution >= 0.6 is 11.6 Å². The summed E-state index contributed by atoms with van der Waals surface area (Å²) in [4.78, 5) is 4.10. The van der Waals surface area contributed by atoms with Gasteiger partial charge in [-0.3, -0.25) is 4.98 Å². The molecule has 0 fully saturated rings. The molecule has 1 unspecified atom stereocenters. The van der Waals surface area contributed by atoms with E-state index >= 15 is 0 Å². The third-order valence-corrected chi connectivity index (χ3v) is 4.48. The van der Waals surface area contributed by atoms with Crippen molar-refractivity contribution in [2.45, 2.75) is 38.6 Å². The molecule has 0 amide bonds. The molecule has 2 N–H and O–H groups in total. The molecule has 146 valence electrons. The maximum atomic E-state index is 13.4. The largest absolute Gasteiger partial charge is 0.490 e. The van der Waals surface area contributed by atoms with Gasteiger partial charge in [0.15, 0.2) is 0 Å². The predicted octanol–water partition coefficient (Wildman–Crippen LogP) is 5.15. The highest BCUT2D eigenvalue weighted by atomic mass is 35.5. The zero-order valence-corrected chi connectivity index (χ0v) is 15.6. The summed E-state index contributed by atoms with van der Waals surface area (Å²) in [5, 5.41) is 0.260. The summed E-state index contributed by atoms with van der Waals surface area (Å²) in [6.07, 6.45) is -4.47. The van der Waals surface area contributed by atoms with Crippen LogP contribution in [0.4, 0.5) is 13.2 Å². The van der Waals surface area contributed by atoms with Gasteiger partial charge in [0.25, 0.3) is 0 Å². The van der Waals surface area contributed by atoms with Crippen LogP contribution in [-0.4, -0.2) is 23.8 Å². The lowest BCUT2D eigenvalue weighted by molar-refractivity contribution is -0.198. The average Bonchev–Trinajstić information content (AvgIpc) is 2.58. The SMILES string of the molecule is CC(C)C[C@H](N)COc1cc2c(cc1Cl)-c1ncccc1C(C(F)(F)F)O2. The fourth-order valence-electron chi connectivity index (χ4n) is 3.09. The van der Waals surface area contributed by atoms with Gasteiger partial charge in [0.1, 0.15) is 18.1 Å². The van der Waals surface area contributed by atoms with E-state index in [9.17, 15) is 13.2 Å². The number of benzene rings is 1. The average molecular weight is 401 g/mol. The number of pyridine rings is 1. The van der Waals surface area contributed by atoms with E-state index in [1.165, 1.54) is 30.5 Å². The van der Waals surface area contributed by atoms with E-state index in [1.807, 2.05) is 13.8 Å². The Kier molecular flexibility index (Phi) is 5.53. The number of nitrogens with two attached hydrogens (primary N) is 1. The van der Waals surface area contributed by atoms with Gasteiger partial charge in [-0.15, -0.1) is 0 Å². The van der Waals surface area contributed by atoms with Crippen LogP contribution in [0.3, 0.4) is 0 Å². The van der Waals surface area contributed by atoms with E-state index in [-0.39, 0.29) is 40.4 Å². The van der Waals surface area contributed by atoms with Crippen molar-refractivity contribution < 1.29 is 22.6 Å². The summed E-state index contributed by atoms with van der Waals surface area (Å²) in [7, 11) is 0. The van der Waals surface area contributed by atoms with Crippen molar-refractivity contribution in [2.75, 3.05) is 6.61 Å². The van der Waals surface area contributed by atoms with Crippen LogP contribution in [0.1, 0.15) is 31.9 Å². The predicted molar refractivity (Wildman–Crippen MR) is 97.0 cm³/mol. The van der Waals surface area contributed by atoms with Crippen molar-refractivity contribution in [3.05, 3.63) is 41.0 Å². The minimum Gasteiger partial charge on any atom is -0.490 e. The first-order valence-corrected chi connectivity index (χ1v) is 8.95. The quantitative estimate of drug-likeness (QED) is 0.754. The number of rotatable bonds is 5. The highest BCUT2D eigenvalue weighted by Gasteiger charge is 2.47. The van der Waals surface area contributed by atoms with Crippen molar-refractivity contribution in [3.63, 3.8) is 0 Å². The zero-order valence-electron chi connectivity index (χ0n) is 14.9. The lowest BCUT2D eigenvalue weighted by Gasteiger charge is -2.29. The lowest BCUT2D eigenvalue weighted by atomic mass is 9.97. The first kappa shape index (κ1) is 19.8. The molecular formula is C19H20ClF3N2O2. The van der Waals surface area contributed by atoms with Gasteiger partial charge in [0.05, 0.1) is 10.7 Å². The van der Waals surface area contributed by atoms with E-state index in [0.717, 1.165) is 6.42 Å². The Labute approximate surface area is 160 Å². The Morgan fingerprint density at radius 3 is 2.74 bits per heavy atom. The monoisotopic (exact) mass is 400 g/mol. The maximum absolute atomic E-state index is 13.4. The molecule has 0 saturated carbocycles. The Morgan fingerprint density at radius 1 is 1.33 bits per heavy atom. The van der Waals surface area contributed by atoms with Crippen LogP contribution in [0.2, 0.25) is 5.02 Å². The number of hydrogen-bond donors (Lipinski definition) is 1. The summed E-state index contributed by atoms with van der Waals surface area (Å²) in [5.74, 6) is 0.663. The van der Waals surface area contributed by atoms with Crippen molar-refractivity contribution in [1.82, 2.24) is 4.98 Å².